The van der Waals surface area contributed by atoms with E-state index in [9.17, 15) is 4.79 Å². The molecule has 0 atom stereocenters. The third kappa shape index (κ3) is 4.08. The first-order chi connectivity index (χ1) is 10.1. The number of methoxy groups -OCH3 is 1. The van der Waals surface area contributed by atoms with Crippen molar-refractivity contribution in [3.63, 3.8) is 0 Å². The lowest BCUT2D eigenvalue weighted by atomic mass is 10.1. The van der Waals surface area contributed by atoms with E-state index in [4.69, 9.17) is 9.47 Å². The zero-order valence-corrected chi connectivity index (χ0v) is 13.8. The summed E-state index contributed by atoms with van der Waals surface area (Å²) in [5.41, 5.74) is 1.26. The molecule has 0 saturated carbocycles. The Morgan fingerprint density at radius 2 is 2.14 bits per heavy atom. The predicted octanol–water partition coefficient (Wildman–Crippen LogP) is 2.70. The zero-order valence-electron chi connectivity index (χ0n) is 11.4. The number of carbonyl (C=O) groups excluding carboxylic acids is 1. The van der Waals surface area contributed by atoms with Crippen LogP contribution in [0.4, 0.5) is 0 Å². The van der Waals surface area contributed by atoms with Gasteiger partial charge in [-0.2, -0.15) is 0 Å². The van der Waals surface area contributed by atoms with E-state index >= 15 is 0 Å². The van der Waals surface area contributed by atoms with E-state index in [1.807, 2.05) is 5.38 Å². The lowest BCUT2D eigenvalue weighted by Gasteiger charge is -2.05. The summed E-state index contributed by atoms with van der Waals surface area (Å²) in [6, 6.07) is 0.259. The molecular weight excluding hydrogens is 358 g/mol. The highest BCUT2D eigenvalue weighted by molar-refractivity contribution is 9.10. The normalized spacial score (nSPS) is 11.3. The van der Waals surface area contributed by atoms with E-state index in [0.717, 1.165) is 0 Å². The van der Waals surface area contributed by atoms with Crippen LogP contribution in [0.1, 0.15) is 17.5 Å². The molecule has 2 aromatic rings. The largest absolute Gasteiger partial charge is 0.467 e. The predicted molar refractivity (Wildman–Crippen MR) is 82.1 cm³/mol. The number of esters is 1. The van der Waals surface area contributed by atoms with Crippen LogP contribution >= 0.6 is 27.3 Å². The van der Waals surface area contributed by atoms with Crippen LogP contribution in [0, 0.1) is 0 Å². The fourth-order valence-corrected chi connectivity index (χ4v) is 2.80. The summed E-state index contributed by atoms with van der Waals surface area (Å²) in [4.78, 5) is 24.1. The second-order valence-electron chi connectivity index (χ2n) is 3.74. The average Bonchev–Trinajstić information content (AvgIpc) is 2.91. The Bertz CT molecular complexity index is 655. The smallest absolute Gasteiger partial charge is 0.331 e. The van der Waals surface area contributed by atoms with Gasteiger partial charge in [0.15, 0.2) is 0 Å². The van der Waals surface area contributed by atoms with Gasteiger partial charge in [0.05, 0.1) is 13.7 Å². The van der Waals surface area contributed by atoms with Crippen LogP contribution in [-0.4, -0.2) is 34.6 Å². The number of carbonyl (C=O) groups is 1. The highest BCUT2D eigenvalue weighted by Crippen LogP contribution is 2.27. The first-order valence-corrected chi connectivity index (χ1v) is 7.67. The highest BCUT2D eigenvalue weighted by atomic mass is 79.9. The number of ether oxygens (including phenoxy) is 2. The van der Waals surface area contributed by atoms with Crippen LogP contribution in [0.3, 0.4) is 0 Å². The summed E-state index contributed by atoms with van der Waals surface area (Å²) in [6.07, 6.45) is 4.54. The van der Waals surface area contributed by atoms with Crippen molar-refractivity contribution in [3.05, 3.63) is 39.0 Å². The van der Waals surface area contributed by atoms with Crippen molar-refractivity contribution in [2.45, 2.75) is 6.92 Å². The summed E-state index contributed by atoms with van der Waals surface area (Å²) in [6.45, 7) is 2.06. The Balaban J connectivity index is 2.41. The third-order valence-corrected chi connectivity index (χ3v) is 3.96. The topological polar surface area (TPSA) is 74.2 Å². The lowest BCUT2D eigenvalue weighted by Crippen LogP contribution is -2.02. The van der Waals surface area contributed by atoms with Crippen molar-refractivity contribution in [2.75, 3.05) is 13.7 Å². The fourth-order valence-electron chi connectivity index (χ4n) is 1.51. The minimum atomic E-state index is -0.436. The van der Waals surface area contributed by atoms with E-state index < -0.39 is 5.97 Å². The van der Waals surface area contributed by atoms with Gasteiger partial charge in [0.25, 0.3) is 0 Å². The molecule has 0 fully saturated rings. The zero-order chi connectivity index (χ0) is 15.2. The minimum Gasteiger partial charge on any atom is -0.467 e. The molecule has 110 valence electrons. The van der Waals surface area contributed by atoms with Gasteiger partial charge in [-0.05, 0) is 22.9 Å². The van der Waals surface area contributed by atoms with Crippen molar-refractivity contribution in [1.82, 2.24) is 15.0 Å². The second-order valence-corrected chi connectivity index (χ2v) is 5.41. The first kappa shape index (κ1) is 15.6. The summed E-state index contributed by atoms with van der Waals surface area (Å²) in [5, 5.41) is 2.50. The Morgan fingerprint density at radius 3 is 2.67 bits per heavy atom. The van der Waals surface area contributed by atoms with E-state index in [-0.39, 0.29) is 6.01 Å². The SMILES string of the molecule is CCOC(=O)/C=C(\c1cnc(OC)nc1)c1nc(Br)cs1. The standard InChI is InChI=1S/C13H12BrN3O3S/c1-3-20-11(18)4-9(12-17-10(14)7-21-12)8-5-15-13(19-2)16-6-8/h4-7H,3H2,1-2H3/b9-4+. The van der Waals surface area contributed by atoms with Crippen LogP contribution in [0.2, 0.25) is 0 Å². The van der Waals surface area contributed by atoms with Gasteiger partial charge in [-0.15, -0.1) is 11.3 Å². The molecule has 0 bridgehead atoms. The van der Waals surface area contributed by atoms with Crippen LogP contribution in [0.5, 0.6) is 6.01 Å². The molecule has 0 aromatic carbocycles. The Labute approximate surface area is 134 Å². The average molecular weight is 370 g/mol. The van der Waals surface area contributed by atoms with Gasteiger partial charge >= 0.3 is 12.0 Å². The lowest BCUT2D eigenvalue weighted by molar-refractivity contribution is -0.137. The molecule has 0 saturated heterocycles. The summed E-state index contributed by atoms with van der Waals surface area (Å²) >= 11 is 4.70. The number of halogens is 1. The summed E-state index contributed by atoms with van der Waals surface area (Å²) < 4.78 is 10.6. The van der Waals surface area contributed by atoms with Gasteiger partial charge in [0.2, 0.25) is 0 Å². The number of hydrogen-bond donors (Lipinski definition) is 0. The summed E-state index contributed by atoms with van der Waals surface area (Å²) in [5.74, 6) is -0.436. The van der Waals surface area contributed by atoms with Gasteiger partial charge in [-0.25, -0.2) is 19.7 Å². The molecule has 0 aliphatic heterocycles. The van der Waals surface area contributed by atoms with E-state index in [0.29, 0.717) is 27.4 Å². The molecule has 0 aliphatic carbocycles. The first-order valence-electron chi connectivity index (χ1n) is 6.00. The van der Waals surface area contributed by atoms with Gasteiger partial charge in [-0.1, -0.05) is 0 Å². The van der Waals surface area contributed by atoms with Crippen molar-refractivity contribution in [1.29, 1.82) is 0 Å². The number of thiazole rings is 1. The van der Waals surface area contributed by atoms with Crippen LogP contribution in [0.25, 0.3) is 5.57 Å². The molecule has 0 radical (unpaired) electrons. The molecule has 21 heavy (non-hydrogen) atoms. The second kappa shape index (κ2) is 7.28. The molecule has 0 spiro atoms. The third-order valence-electron chi connectivity index (χ3n) is 2.38. The Morgan fingerprint density at radius 1 is 1.43 bits per heavy atom. The van der Waals surface area contributed by atoms with Crippen molar-refractivity contribution < 1.29 is 14.3 Å². The van der Waals surface area contributed by atoms with Crippen LogP contribution < -0.4 is 4.74 Å². The Hall–Kier alpha value is -1.80. The molecule has 0 amide bonds. The maximum atomic E-state index is 11.7. The van der Waals surface area contributed by atoms with Crippen LogP contribution in [-0.2, 0) is 9.53 Å². The van der Waals surface area contributed by atoms with Crippen molar-refractivity contribution in [3.8, 4) is 6.01 Å². The van der Waals surface area contributed by atoms with Gasteiger partial charge in [0, 0.05) is 35.0 Å². The maximum Gasteiger partial charge on any atom is 0.331 e. The monoisotopic (exact) mass is 369 g/mol. The molecule has 0 aliphatic rings. The maximum absolute atomic E-state index is 11.7. The number of aromatic nitrogens is 3. The van der Waals surface area contributed by atoms with E-state index in [2.05, 4.69) is 30.9 Å². The van der Waals surface area contributed by atoms with Gasteiger partial charge in [0.1, 0.15) is 9.61 Å². The number of hydrogen-bond acceptors (Lipinski definition) is 7. The molecule has 2 aromatic heterocycles. The molecular formula is C13H12BrN3O3S. The molecule has 2 heterocycles. The molecule has 0 unspecified atom stereocenters. The number of nitrogens with zero attached hydrogens (tertiary/aromatic N) is 3. The highest BCUT2D eigenvalue weighted by Gasteiger charge is 2.13. The molecule has 0 N–H and O–H groups in total. The van der Waals surface area contributed by atoms with E-state index in [1.165, 1.54) is 24.5 Å². The van der Waals surface area contributed by atoms with Crippen molar-refractivity contribution >= 4 is 38.8 Å². The summed E-state index contributed by atoms with van der Waals surface area (Å²) in [7, 11) is 1.49. The quantitative estimate of drug-likeness (QED) is 0.595. The Kier molecular flexibility index (Phi) is 5.40. The molecule has 8 heteroatoms. The number of rotatable bonds is 5. The molecule has 2 rings (SSSR count). The minimum absolute atomic E-state index is 0.259. The van der Waals surface area contributed by atoms with Gasteiger partial charge < -0.3 is 9.47 Å². The fraction of sp³-hybridized carbons (Fsp3) is 0.231. The molecule has 6 nitrogen and oxygen atoms in total. The van der Waals surface area contributed by atoms with Crippen LogP contribution in [0.15, 0.2) is 28.5 Å². The van der Waals surface area contributed by atoms with Crippen molar-refractivity contribution in [2.24, 2.45) is 0 Å². The van der Waals surface area contributed by atoms with Gasteiger partial charge in [-0.3, -0.25) is 0 Å². The van der Waals surface area contributed by atoms with E-state index in [1.54, 1.807) is 19.3 Å².